The monoisotopic (exact) mass is 571 g/mol. The first-order valence-corrected chi connectivity index (χ1v) is 12.9. The number of piperazine rings is 1. The fourth-order valence-electron chi connectivity index (χ4n) is 5.06. The number of alkyl halides is 2. The normalized spacial score (nSPS) is 20.4. The molecular weight excluding hydrogens is 545 g/mol. The van der Waals surface area contributed by atoms with Crippen molar-refractivity contribution in [2.75, 3.05) is 26.2 Å². The van der Waals surface area contributed by atoms with Crippen LogP contribution in [0.5, 0.6) is 0 Å². The standard InChI is InChI=1S/C22H26F5N5O3S.ClH/c1-30-14-19(28-29-30)36(34,35)32-10-8-31(9-11-32)21(4-6-22(26,27)7-5-21)3-2-18(33)20-16(24)12-15(23)13-17(20)25;/h12-14H,2-11H2,1H3;1H. The van der Waals surface area contributed by atoms with Gasteiger partial charge in [0.2, 0.25) is 10.9 Å². The number of nitrogens with zero attached hydrogens (tertiary/aromatic N) is 5. The topological polar surface area (TPSA) is 88.4 Å². The van der Waals surface area contributed by atoms with Crippen molar-refractivity contribution in [2.45, 2.75) is 55.0 Å². The molecule has 2 fully saturated rings. The maximum Gasteiger partial charge on any atom is 0.264 e. The molecule has 1 aromatic carbocycles. The number of halogens is 6. The average Bonchev–Trinajstić information content (AvgIpc) is 3.25. The Bertz CT molecular complexity index is 1220. The highest BCUT2D eigenvalue weighted by Gasteiger charge is 2.48. The lowest BCUT2D eigenvalue weighted by Gasteiger charge is -2.50. The van der Waals surface area contributed by atoms with E-state index in [9.17, 15) is 35.2 Å². The van der Waals surface area contributed by atoms with Crippen molar-refractivity contribution in [3.05, 3.63) is 41.3 Å². The Hall–Kier alpha value is -2.16. The lowest BCUT2D eigenvalue weighted by atomic mass is 9.74. The summed E-state index contributed by atoms with van der Waals surface area (Å²) in [5, 5.41) is 7.11. The van der Waals surface area contributed by atoms with Crippen LogP contribution in [0.25, 0.3) is 0 Å². The summed E-state index contributed by atoms with van der Waals surface area (Å²) < 4.78 is 97.7. The first-order valence-electron chi connectivity index (χ1n) is 11.5. The Labute approximate surface area is 217 Å². The zero-order chi connectivity index (χ0) is 26.3. The van der Waals surface area contributed by atoms with Crippen LogP contribution < -0.4 is 0 Å². The third kappa shape index (κ3) is 6.13. The second-order valence-corrected chi connectivity index (χ2v) is 11.3. The molecule has 1 saturated carbocycles. The molecular formula is C22H27ClF5N5O3S. The fourth-order valence-corrected chi connectivity index (χ4v) is 6.40. The number of aromatic nitrogens is 3. The van der Waals surface area contributed by atoms with Gasteiger partial charge in [-0.15, -0.1) is 17.5 Å². The van der Waals surface area contributed by atoms with E-state index in [0.717, 1.165) is 0 Å². The van der Waals surface area contributed by atoms with Crippen LogP contribution in [0, 0.1) is 17.5 Å². The van der Waals surface area contributed by atoms with Crippen LogP contribution in [-0.4, -0.2) is 76.0 Å². The summed E-state index contributed by atoms with van der Waals surface area (Å²) in [6.45, 7) is 0.593. The molecule has 1 aliphatic heterocycles. The Morgan fingerprint density at radius 3 is 2.08 bits per heavy atom. The summed E-state index contributed by atoms with van der Waals surface area (Å²) in [6.07, 6.45) is 0.248. The van der Waals surface area contributed by atoms with E-state index in [1.165, 1.54) is 22.2 Å². The Morgan fingerprint density at radius 2 is 1.57 bits per heavy atom. The molecule has 0 bridgehead atoms. The summed E-state index contributed by atoms with van der Waals surface area (Å²) in [5.41, 5.74) is -1.72. The van der Waals surface area contributed by atoms with Gasteiger partial charge in [-0.05, 0) is 19.3 Å². The van der Waals surface area contributed by atoms with E-state index in [2.05, 4.69) is 10.3 Å². The lowest BCUT2D eigenvalue weighted by molar-refractivity contribution is -0.0891. The minimum absolute atomic E-state index is 0. The van der Waals surface area contributed by atoms with Gasteiger partial charge in [0.1, 0.15) is 17.5 Å². The van der Waals surface area contributed by atoms with E-state index < -0.39 is 63.1 Å². The summed E-state index contributed by atoms with van der Waals surface area (Å²) in [7, 11) is -2.35. The summed E-state index contributed by atoms with van der Waals surface area (Å²) in [5.74, 6) is -7.53. The van der Waals surface area contributed by atoms with E-state index in [-0.39, 0.29) is 69.3 Å². The molecule has 0 amide bonds. The molecule has 15 heteroatoms. The Balaban J connectivity index is 0.00000380. The molecule has 206 valence electrons. The van der Waals surface area contributed by atoms with Crippen LogP contribution in [0.1, 0.15) is 48.9 Å². The summed E-state index contributed by atoms with van der Waals surface area (Å²) >= 11 is 0. The smallest absolute Gasteiger partial charge is 0.264 e. The molecule has 1 aromatic heterocycles. The van der Waals surface area contributed by atoms with E-state index >= 15 is 0 Å². The van der Waals surface area contributed by atoms with E-state index in [1.807, 2.05) is 4.90 Å². The van der Waals surface area contributed by atoms with Gasteiger partial charge in [-0.1, -0.05) is 5.21 Å². The van der Waals surface area contributed by atoms with Gasteiger partial charge in [-0.25, -0.2) is 30.4 Å². The Kier molecular flexibility index (Phi) is 8.67. The van der Waals surface area contributed by atoms with Gasteiger partial charge in [0.15, 0.2) is 5.78 Å². The summed E-state index contributed by atoms with van der Waals surface area (Å²) in [6, 6.07) is 0.841. The molecule has 2 heterocycles. The van der Waals surface area contributed by atoms with Crippen LogP contribution in [0.3, 0.4) is 0 Å². The quantitative estimate of drug-likeness (QED) is 0.373. The average molecular weight is 572 g/mol. The lowest BCUT2D eigenvalue weighted by Crippen LogP contribution is -2.59. The molecule has 4 rings (SSSR count). The number of benzene rings is 1. The van der Waals surface area contributed by atoms with Gasteiger partial charge in [0.05, 0.1) is 11.8 Å². The molecule has 0 atom stereocenters. The molecule has 2 aromatic rings. The van der Waals surface area contributed by atoms with Gasteiger partial charge >= 0.3 is 0 Å². The van der Waals surface area contributed by atoms with Crippen molar-refractivity contribution < 1.29 is 35.2 Å². The van der Waals surface area contributed by atoms with Gasteiger partial charge in [-0.3, -0.25) is 14.4 Å². The van der Waals surface area contributed by atoms with Crippen LogP contribution in [0.15, 0.2) is 23.4 Å². The molecule has 0 unspecified atom stereocenters. The minimum atomic E-state index is -3.88. The largest absolute Gasteiger partial charge is 0.295 e. The third-order valence-corrected chi connectivity index (χ3v) is 8.87. The van der Waals surface area contributed by atoms with Gasteiger partial charge in [0.25, 0.3) is 10.0 Å². The number of aryl methyl sites for hydroxylation is 1. The predicted molar refractivity (Wildman–Crippen MR) is 125 cm³/mol. The van der Waals surface area contributed by atoms with Crippen molar-refractivity contribution >= 4 is 28.2 Å². The maximum atomic E-state index is 14.1. The highest BCUT2D eigenvalue weighted by atomic mass is 35.5. The van der Waals surface area contributed by atoms with Crippen LogP contribution in [0.4, 0.5) is 22.0 Å². The molecule has 0 N–H and O–H groups in total. The van der Waals surface area contributed by atoms with E-state index in [0.29, 0.717) is 12.1 Å². The van der Waals surface area contributed by atoms with E-state index in [4.69, 9.17) is 0 Å². The van der Waals surface area contributed by atoms with Crippen molar-refractivity contribution in [3.8, 4) is 0 Å². The molecule has 1 saturated heterocycles. The molecule has 8 nitrogen and oxygen atoms in total. The van der Waals surface area contributed by atoms with Crippen molar-refractivity contribution in [1.82, 2.24) is 24.2 Å². The third-order valence-electron chi connectivity index (χ3n) is 7.11. The molecule has 37 heavy (non-hydrogen) atoms. The van der Waals surface area contributed by atoms with Gasteiger partial charge < -0.3 is 0 Å². The van der Waals surface area contributed by atoms with Crippen LogP contribution in [-0.2, 0) is 17.1 Å². The number of hydrogen-bond acceptors (Lipinski definition) is 6. The van der Waals surface area contributed by atoms with Crippen molar-refractivity contribution in [1.29, 1.82) is 0 Å². The maximum absolute atomic E-state index is 14.1. The van der Waals surface area contributed by atoms with E-state index in [1.54, 1.807) is 0 Å². The highest BCUT2D eigenvalue weighted by molar-refractivity contribution is 7.89. The highest BCUT2D eigenvalue weighted by Crippen LogP contribution is 2.44. The first kappa shape index (κ1) is 29.4. The molecule has 2 aliphatic rings. The number of rotatable bonds is 7. The van der Waals surface area contributed by atoms with Gasteiger partial charge in [0, 0.05) is 70.2 Å². The first-order chi connectivity index (χ1) is 16.8. The molecule has 0 radical (unpaired) electrons. The Morgan fingerprint density at radius 1 is 1.00 bits per heavy atom. The molecule has 1 aliphatic carbocycles. The second-order valence-electron chi connectivity index (χ2n) is 9.37. The number of carbonyl (C=O) groups is 1. The second kappa shape index (κ2) is 10.9. The van der Waals surface area contributed by atoms with Crippen molar-refractivity contribution in [2.24, 2.45) is 7.05 Å². The fraction of sp³-hybridized carbons (Fsp3) is 0.591. The summed E-state index contributed by atoms with van der Waals surface area (Å²) in [4.78, 5) is 14.6. The zero-order valence-corrected chi connectivity index (χ0v) is 21.6. The van der Waals surface area contributed by atoms with Crippen molar-refractivity contribution in [3.63, 3.8) is 0 Å². The number of Topliss-reactive ketones (excluding diaryl/α,β-unsaturated/α-hetero) is 1. The number of ketones is 1. The zero-order valence-electron chi connectivity index (χ0n) is 20.0. The SMILES string of the molecule is Cl.Cn1cc(S(=O)(=O)N2CCN(C3(CCC(=O)c4c(F)cc(F)cc4F)CCC(F)(F)CC3)CC2)nn1. The van der Waals surface area contributed by atoms with Crippen LogP contribution in [0.2, 0.25) is 0 Å². The number of hydrogen-bond donors (Lipinski definition) is 0. The predicted octanol–water partition coefficient (Wildman–Crippen LogP) is 3.57. The minimum Gasteiger partial charge on any atom is -0.295 e. The van der Waals surface area contributed by atoms with Gasteiger partial charge in [-0.2, -0.15) is 4.31 Å². The number of sulfonamides is 1. The van der Waals surface area contributed by atoms with Crippen LogP contribution >= 0.6 is 12.4 Å². The number of carbonyl (C=O) groups excluding carboxylic acids is 1. The molecule has 0 spiro atoms.